The van der Waals surface area contributed by atoms with Crippen LogP contribution in [0, 0.1) is 6.92 Å². The van der Waals surface area contributed by atoms with Gasteiger partial charge in [0.05, 0.1) is 13.2 Å². The molecule has 92 valence electrons. The number of hydrogen-bond acceptors (Lipinski definition) is 3. The summed E-state index contributed by atoms with van der Waals surface area (Å²) in [6, 6.07) is 0. The maximum Gasteiger partial charge on any atom is 0.126 e. The second kappa shape index (κ2) is 4.22. The molecule has 0 bridgehead atoms. The van der Waals surface area contributed by atoms with E-state index in [9.17, 15) is 0 Å². The van der Waals surface area contributed by atoms with Gasteiger partial charge in [-0.15, -0.1) is 0 Å². The molecule has 2 aliphatic heterocycles. The molecule has 0 aliphatic carbocycles. The second-order valence-corrected chi connectivity index (χ2v) is 4.77. The molecule has 3 rings (SSSR count). The Kier molecular flexibility index (Phi) is 2.71. The summed E-state index contributed by atoms with van der Waals surface area (Å²) >= 11 is 0. The van der Waals surface area contributed by atoms with Crippen LogP contribution in [0.2, 0.25) is 0 Å². The maximum absolute atomic E-state index is 5.85. The van der Waals surface area contributed by atoms with Crippen molar-refractivity contribution in [3.8, 4) is 11.5 Å². The minimum absolute atomic E-state index is 0.825. The fourth-order valence-electron chi connectivity index (χ4n) is 2.95. The van der Waals surface area contributed by atoms with Gasteiger partial charge < -0.3 is 14.8 Å². The average molecular weight is 233 g/mol. The third-order valence-electron chi connectivity index (χ3n) is 3.80. The van der Waals surface area contributed by atoms with Gasteiger partial charge in [-0.25, -0.2) is 0 Å². The van der Waals surface area contributed by atoms with Crippen LogP contribution in [-0.4, -0.2) is 26.8 Å². The monoisotopic (exact) mass is 233 g/mol. The molecular weight excluding hydrogens is 214 g/mol. The Morgan fingerprint density at radius 1 is 1.06 bits per heavy atom. The Hall–Kier alpha value is -1.22. The lowest BCUT2D eigenvalue weighted by Gasteiger charge is -2.15. The van der Waals surface area contributed by atoms with Crippen molar-refractivity contribution in [2.24, 2.45) is 0 Å². The zero-order valence-corrected chi connectivity index (χ0v) is 10.6. The summed E-state index contributed by atoms with van der Waals surface area (Å²) in [6.07, 6.45) is 3.10. The van der Waals surface area contributed by atoms with Crippen molar-refractivity contribution in [1.82, 2.24) is 5.32 Å². The van der Waals surface area contributed by atoms with E-state index in [0.29, 0.717) is 0 Å². The quantitative estimate of drug-likeness (QED) is 0.860. The number of fused-ring (bicyclic) bond motifs is 2. The number of likely N-dealkylation sites (N-methyl/N-ethyl adjacent to an activating group) is 1. The van der Waals surface area contributed by atoms with E-state index < -0.39 is 0 Å². The maximum atomic E-state index is 5.85. The average Bonchev–Trinajstić information content (AvgIpc) is 2.97. The minimum Gasteiger partial charge on any atom is -0.493 e. The molecule has 0 unspecified atom stereocenters. The fraction of sp³-hybridized carbons (Fsp3) is 0.571. The summed E-state index contributed by atoms with van der Waals surface area (Å²) in [7, 11) is 1.99. The third-order valence-corrected chi connectivity index (χ3v) is 3.80. The van der Waals surface area contributed by atoms with Gasteiger partial charge in [-0.2, -0.15) is 0 Å². The van der Waals surface area contributed by atoms with Gasteiger partial charge in [-0.3, -0.25) is 0 Å². The predicted molar refractivity (Wildman–Crippen MR) is 67.2 cm³/mol. The van der Waals surface area contributed by atoms with Crippen LogP contribution in [-0.2, 0) is 19.3 Å². The topological polar surface area (TPSA) is 30.5 Å². The summed E-state index contributed by atoms with van der Waals surface area (Å²) in [5.74, 6) is 2.29. The number of nitrogens with one attached hydrogen (secondary N) is 1. The van der Waals surface area contributed by atoms with Gasteiger partial charge in [-0.05, 0) is 32.5 Å². The molecule has 3 heteroatoms. The van der Waals surface area contributed by atoms with E-state index >= 15 is 0 Å². The highest BCUT2D eigenvalue weighted by Gasteiger charge is 2.28. The Balaban J connectivity index is 2.12. The molecule has 17 heavy (non-hydrogen) atoms. The Labute approximate surface area is 102 Å². The largest absolute Gasteiger partial charge is 0.493 e. The smallest absolute Gasteiger partial charge is 0.126 e. The van der Waals surface area contributed by atoms with Gasteiger partial charge in [-0.1, -0.05) is 0 Å². The highest BCUT2D eigenvalue weighted by atomic mass is 16.5. The Bertz CT molecular complexity index is 419. The standard InChI is InChI=1S/C14H19NO2/c1-9-10-4-7-17-14(10)11(3-6-15-2)12-5-8-16-13(9)12/h15H,3-8H2,1-2H3. The van der Waals surface area contributed by atoms with Crippen molar-refractivity contribution in [1.29, 1.82) is 0 Å². The van der Waals surface area contributed by atoms with E-state index in [-0.39, 0.29) is 0 Å². The molecule has 1 aromatic rings. The zero-order valence-electron chi connectivity index (χ0n) is 10.6. The van der Waals surface area contributed by atoms with E-state index in [2.05, 4.69) is 12.2 Å². The summed E-state index contributed by atoms with van der Waals surface area (Å²) in [5.41, 5.74) is 5.44. The lowest BCUT2D eigenvalue weighted by atomic mass is 9.93. The van der Waals surface area contributed by atoms with Gasteiger partial charge in [0, 0.05) is 29.5 Å². The van der Waals surface area contributed by atoms with Gasteiger partial charge >= 0.3 is 0 Å². The van der Waals surface area contributed by atoms with Crippen LogP contribution < -0.4 is 14.8 Å². The van der Waals surface area contributed by atoms with Gasteiger partial charge in [0.1, 0.15) is 11.5 Å². The lowest BCUT2D eigenvalue weighted by molar-refractivity contribution is 0.352. The molecule has 0 spiro atoms. The molecular formula is C14H19NO2. The molecule has 3 nitrogen and oxygen atoms in total. The van der Waals surface area contributed by atoms with Crippen molar-refractivity contribution in [2.75, 3.05) is 26.8 Å². The molecule has 0 amide bonds. The molecule has 0 saturated carbocycles. The molecule has 0 saturated heterocycles. The van der Waals surface area contributed by atoms with Crippen LogP contribution in [0.15, 0.2) is 0 Å². The summed E-state index contributed by atoms with van der Waals surface area (Å²) in [6.45, 7) is 4.81. The first-order chi connectivity index (χ1) is 8.33. The van der Waals surface area contributed by atoms with Crippen molar-refractivity contribution in [2.45, 2.75) is 26.2 Å². The molecule has 1 N–H and O–H groups in total. The first-order valence-corrected chi connectivity index (χ1v) is 6.40. The van der Waals surface area contributed by atoms with E-state index in [1.165, 1.54) is 22.3 Å². The second-order valence-electron chi connectivity index (χ2n) is 4.77. The first-order valence-electron chi connectivity index (χ1n) is 6.40. The van der Waals surface area contributed by atoms with E-state index in [1.54, 1.807) is 0 Å². The van der Waals surface area contributed by atoms with E-state index in [4.69, 9.17) is 9.47 Å². The van der Waals surface area contributed by atoms with Crippen LogP contribution in [0.4, 0.5) is 0 Å². The normalized spacial score (nSPS) is 16.4. The molecule has 0 atom stereocenters. The highest BCUT2D eigenvalue weighted by molar-refractivity contribution is 5.61. The summed E-state index contributed by atoms with van der Waals surface area (Å²) < 4.78 is 11.6. The summed E-state index contributed by atoms with van der Waals surface area (Å²) in [4.78, 5) is 0. The molecule has 0 radical (unpaired) electrons. The SMILES string of the molecule is CNCCc1c2c(c(C)c3c1OCC3)OCC2. The number of hydrogen-bond donors (Lipinski definition) is 1. The van der Waals surface area contributed by atoms with Crippen LogP contribution >= 0.6 is 0 Å². The van der Waals surface area contributed by atoms with Crippen molar-refractivity contribution in [3.05, 3.63) is 22.3 Å². The Morgan fingerprint density at radius 3 is 2.53 bits per heavy atom. The molecule has 0 fully saturated rings. The number of benzene rings is 1. The Morgan fingerprint density at radius 2 is 1.76 bits per heavy atom. The van der Waals surface area contributed by atoms with Crippen LogP contribution in [0.25, 0.3) is 0 Å². The highest BCUT2D eigenvalue weighted by Crippen LogP contribution is 2.44. The van der Waals surface area contributed by atoms with Crippen LogP contribution in [0.3, 0.4) is 0 Å². The molecule has 1 aromatic carbocycles. The number of ether oxygens (including phenoxy) is 2. The molecule has 2 aliphatic rings. The summed E-state index contributed by atoms with van der Waals surface area (Å²) in [5, 5.41) is 3.22. The minimum atomic E-state index is 0.825. The van der Waals surface area contributed by atoms with E-state index in [0.717, 1.165) is 50.5 Å². The fourth-order valence-corrected chi connectivity index (χ4v) is 2.95. The van der Waals surface area contributed by atoms with Crippen molar-refractivity contribution < 1.29 is 9.47 Å². The first kappa shape index (κ1) is 10.9. The van der Waals surface area contributed by atoms with Gasteiger partial charge in [0.2, 0.25) is 0 Å². The third kappa shape index (κ3) is 1.61. The van der Waals surface area contributed by atoms with Crippen molar-refractivity contribution in [3.63, 3.8) is 0 Å². The predicted octanol–water partition coefficient (Wildman–Crippen LogP) is 1.63. The number of rotatable bonds is 3. The lowest BCUT2D eigenvalue weighted by Crippen LogP contribution is -2.12. The van der Waals surface area contributed by atoms with Crippen molar-refractivity contribution >= 4 is 0 Å². The van der Waals surface area contributed by atoms with Gasteiger partial charge in [0.25, 0.3) is 0 Å². The molecule has 0 aromatic heterocycles. The zero-order chi connectivity index (χ0) is 11.8. The van der Waals surface area contributed by atoms with Crippen LogP contribution in [0.5, 0.6) is 11.5 Å². The molecule has 2 heterocycles. The van der Waals surface area contributed by atoms with Gasteiger partial charge in [0.15, 0.2) is 0 Å². The van der Waals surface area contributed by atoms with E-state index in [1.807, 2.05) is 7.05 Å². The van der Waals surface area contributed by atoms with Crippen LogP contribution in [0.1, 0.15) is 22.3 Å².